The van der Waals surface area contributed by atoms with Crippen molar-refractivity contribution in [3.05, 3.63) is 34.6 Å². The molecule has 1 N–H and O–H groups in total. The smallest absolute Gasteiger partial charge is 0.142 e. The number of benzene rings is 1. The van der Waals surface area contributed by atoms with Crippen LogP contribution in [0.25, 0.3) is 0 Å². The van der Waals surface area contributed by atoms with E-state index < -0.39 is 11.4 Å². The maximum Gasteiger partial charge on any atom is 0.142 e. The number of terminal acetylenes is 1. The molecule has 0 atom stereocenters. The largest absolute Gasteiger partial charge is 0.297 e. The van der Waals surface area contributed by atoms with E-state index in [9.17, 15) is 4.39 Å². The third-order valence-electron chi connectivity index (χ3n) is 2.11. The van der Waals surface area contributed by atoms with E-state index in [0.717, 1.165) is 0 Å². The molecule has 1 aromatic rings. The average molecular weight is 226 g/mol. The van der Waals surface area contributed by atoms with Crippen molar-refractivity contribution in [3.8, 4) is 12.3 Å². The van der Waals surface area contributed by atoms with E-state index in [-0.39, 0.29) is 5.02 Å². The summed E-state index contributed by atoms with van der Waals surface area (Å²) in [5, 5.41) is 3.26. The van der Waals surface area contributed by atoms with Crippen LogP contribution in [-0.4, -0.2) is 5.54 Å². The van der Waals surface area contributed by atoms with Crippen molar-refractivity contribution < 1.29 is 4.39 Å². The maximum absolute atomic E-state index is 13.1. The molecule has 1 aromatic carbocycles. The summed E-state index contributed by atoms with van der Waals surface area (Å²) in [6, 6.07) is 4.73. The Bertz CT molecular complexity index is 393. The molecule has 1 rings (SSSR count). The Morgan fingerprint density at radius 1 is 1.53 bits per heavy atom. The van der Waals surface area contributed by atoms with Gasteiger partial charge in [-0.15, -0.1) is 6.42 Å². The molecule has 1 nitrogen and oxygen atoms in total. The molecule has 0 bridgehead atoms. The van der Waals surface area contributed by atoms with Gasteiger partial charge in [0.25, 0.3) is 0 Å². The van der Waals surface area contributed by atoms with E-state index in [4.69, 9.17) is 18.0 Å². The first kappa shape index (κ1) is 12.0. The van der Waals surface area contributed by atoms with Gasteiger partial charge >= 0.3 is 0 Å². The molecule has 0 aliphatic heterocycles. The van der Waals surface area contributed by atoms with Crippen LogP contribution in [0.1, 0.15) is 19.4 Å². The molecule has 0 radical (unpaired) electrons. The predicted molar refractivity (Wildman–Crippen MR) is 61.2 cm³/mol. The molecular weight excluding hydrogens is 213 g/mol. The first-order valence-electron chi connectivity index (χ1n) is 4.62. The van der Waals surface area contributed by atoms with E-state index in [2.05, 4.69) is 11.2 Å². The first-order valence-corrected chi connectivity index (χ1v) is 5.00. The Balaban J connectivity index is 2.75. The lowest BCUT2D eigenvalue weighted by molar-refractivity contribution is 0.489. The molecule has 15 heavy (non-hydrogen) atoms. The highest BCUT2D eigenvalue weighted by atomic mass is 35.5. The second-order valence-corrected chi connectivity index (χ2v) is 4.21. The molecule has 3 heteroatoms. The highest BCUT2D eigenvalue weighted by molar-refractivity contribution is 6.31. The van der Waals surface area contributed by atoms with Crippen molar-refractivity contribution in [1.82, 2.24) is 5.32 Å². The van der Waals surface area contributed by atoms with Crippen LogP contribution >= 0.6 is 11.6 Å². The molecule has 0 aliphatic carbocycles. The fourth-order valence-corrected chi connectivity index (χ4v) is 1.25. The summed E-state index contributed by atoms with van der Waals surface area (Å²) in [4.78, 5) is 0. The van der Waals surface area contributed by atoms with Gasteiger partial charge < -0.3 is 0 Å². The lowest BCUT2D eigenvalue weighted by Crippen LogP contribution is -2.37. The van der Waals surface area contributed by atoms with Crippen LogP contribution in [0.15, 0.2) is 18.2 Å². The van der Waals surface area contributed by atoms with Crippen LogP contribution in [0.3, 0.4) is 0 Å². The van der Waals surface area contributed by atoms with Crippen molar-refractivity contribution in [2.24, 2.45) is 0 Å². The van der Waals surface area contributed by atoms with Gasteiger partial charge in [-0.2, -0.15) is 0 Å². The van der Waals surface area contributed by atoms with Crippen molar-refractivity contribution in [1.29, 1.82) is 0 Å². The minimum Gasteiger partial charge on any atom is -0.297 e. The molecular formula is C12H13ClFN. The second-order valence-electron chi connectivity index (χ2n) is 3.84. The van der Waals surface area contributed by atoms with Crippen LogP contribution < -0.4 is 5.32 Å². The van der Waals surface area contributed by atoms with Crippen LogP contribution in [0, 0.1) is 18.2 Å². The number of nitrogens with one attached hydrogen (secondary N) is 1. The molecule has 80 valence electrons. The molecule has 0 amide bonds. The predicted octanol–water partition coefficient (Wildman–Crippen LogP) is 2.98. The molecule has 0 heterocycles. The summed E-state index contributed by atoms with van der Waals surface area (Å²) in [6.45, 7) is 4.20. The van der Waals surface area contributed by atoms with Gasteiger partial charge in [-0.25, -0.2) is 4.39 Å². The van der Waals surface area contributed by atoms with Crippen molar-refractivity contribution in [2.45, 2.75) is 25.9 Å². The minimum absolute atomic E-state index is 0.151. The number of hydrogen-bond acceptors (Lipinski definition) is 1. The Hall–Kier alpha value is -1.04. The zero-order chi connectivity index (χ0) is 11.5. The Labute approximate surface area is 94.6 Å². The molecule has 0 saturated carbocycles. The van der Waals surface area contributed by atoms with Gasteiger partial charge in [0, 0.05) is 6.54 Å². The van der Waals surface area contributed by atoms with E-state index >= 15 is 0 Å². The van der Waals surface area contributed by atoms with E-state index in [1.54, 1.807) is 12.1 Å². The summed E-state index contributed by atoms with van der Waals surface area (Å²) in [5.41, 5.74) is 0.287. The van der Waals surface area contributed by atoms with Gasteiger partial charge in [0.15, 0.2) is 0 Å². The molecule has 0 fully saturated rings. The van der Waals surface area contributed by atoms with Crippen LogP contribution in [0.2, 0.25) is 5.02 Å². The van der Waals surface area contributed by atoms with Gasteiger partial charge in [-0.3, -0.25) is 5.32 Å². The Morgan fingerprint density at radius 2 is 2.20 bits per heavy atom. The third kappa shape index (κ3) is 3.23. The maximum atomic E-state index is 13.1. The molecule has 0 unspecified atom stereocenters. The van der Waals surface area contributed by atoms with E-state index in [1.165, 1.54) is 6.07 Å². The lowest BCUT2D eigenvalue weighted by atomic mass is 10.1. The monoisotopic (exact) mass is 225 g/mol. The third-order valence-corrected chi connectivity index (χ3v) is 2.54. The zero-order valence-corrected chi connectivity index (χ0v) is 9.53. The summed E-state index contributed by atoms with van der Waals surface area (Å²) >= 11 is 5.80. The molecule has 0 aliphatic rings. The first-order chi connectivity index (χ1) is 6.96. The highest BCUT2D eigenvalue weighted by Gasteiger charge is 2.13. The Morgan fingerprint density at radius 3 is 2.80 bits per heavy atom. The van der Waals surface area contributed by atoms with Crippen molar-refractivity contribution >= 4 is 11.6 Å². The van der Waals surface area contributed by atoms with Gasteiger partial charge in [0.05, 0.1) is 10.6 Å². The fraction of sp³-hybridized carbons (Fsp3) is 0.333. The van der Waals surface area contributed by atoms with E-state index in [1.807, 2.05) is 13.8 Å². The highest BCUT2D eigenvalue weighted by Crippen LogP contribution is 2.19. The summed E-state index contributed by atoms with van der Waals surface area (Å²) in [6.07, 6.45) is 5.32. The molecule has 0 aromatic heterocycles. The summed E-state index contributed by atoms with van der Waals surface area (Å²) < 4.78 is 13.1. The molecule has 0 saturated heterocycles. The standard InChI is InChI=1S/C12H13ClFN/c1-4-12(2,3)15-8-9-6-5-7-10(14)11(9)13/h1,5-7,15H,8H2,2-3H3. The Kier molecular flexibility index (Phi) is 3.73. The average Bonchev–Trinajstić information content (AvgIpc) is 2.20. The number of rotatable bonds is 3. The van der Waals surface area contributed by atoms with Crippen molar-refractivity contribution in [3.63, 3.8) is 0 Å². The quantitative estimate of drug-likeness (QED) is 0.780. The van der Waals surface area contributed by atoms with Crippen LogP contribution in [0.4, 0.5) is 4.39 Å². The van der Waals surface area contributed by atoms with E-state index in [0.29, 0.717) is 12.1 Å². The van der Waals surface area contributed by atoms with Gasteiger partial charge in [-0.05, 0) is 25.5 Å². The zero-order valence-electron chi connectivity index (χ0n) is 8.77. The number of hydrogen-bond donors (Lipinski definition) is 1. The number of halogens is 2. The van der Waals surface area contributed by atoms with Crippen molar-refractivity contribution in [2.75, 3.05) is 0 Å². The SMILES string of the molecule is C#CC(C)(C)NCc1cccc(F)c1Cl. The fourth-order valence-electron chi connectivity index (χ4n) is 1.05. The molecule has 0 spiro atoms. The lowest BCUT2D eigenvalue weighted by Gasteiger charge is -2.20. The summed E-state index contributed by atoms with van der Waals surface area (Å²) in [5.74, 6) is 2.19. The normalized spacial score (nSPS) is 11.1. The summed E-state index contributed by atoms with van der Waals surface area (Å²) in [7, 11) is 0. The minimum atomic E-state index is -0.421. The van der Waals surface area contributed by atoms with Gasteiger partial charge in [0.2, 0.25) is 0 Å². The second kappa shape index (κ2) is 4.65. The topological polar surface area (TPSA) is 12.0 Å². The van der Waals surface area contributed by atoms with Crippen LogP contribution in [-0.2, 0) is 6.54 Å². The van der Waals surface area contributed by atoms with Crippen LogP contribution in [0.5, 0.6) is 0 Å². The van der Waals surface area contributed by atoms with Gasteiger partial charge in [0.1, 0.15) is 5.82 Å². The van der Waals surface area contributed by atoms with Gasteiger partial charge in [-0.1, -0.05) is 29.7 Å².